The third kappa shape index (κ3) is 5.05. The van der Waals surface area contributed by atoms with Gasteiger partial charge in [0.1, 0.15) is 0 Å². The molecule has 0 fully saturated rings. The summed E-state index contributed by atoms with van der Waals surface area (Å²) in [6, 6.07) is 3.28. The summed E-state index contributed by atoms with van der Waals surface area (Å²) < 4.78 is 4.62. The van der Waals surface area contributed by atoms with Crippen LogP contribution in [0.5, 0.6) is 5.06 Å². The maximum atomic E-state index is 10.7. The predicted molar refractivity (Wildman–Crippen MR) is 39.6 cm³/mol. The quantitative estimate of drug-likeness (QED) is 0.298. The molecule has 0 aliphatic carbocycles. The van der Waals surface area contributed by atoms with Crippen LogP contribution in [0.25, 0.3) is 0 Å². The van der Waals surface area contributed by atoms with Crippen molar-refractivity contribution in [3.63, 3.8) is 0 Å². The van der Waals surface area contributed by atoms with Gasteiger partial charge in [0.25, 0.3) is 0 Å². The Balaban J connectivity index is 0.00000144. The Morgan fingerprint density at radius 1 is 1.54 bits per heavy atom. The van der Waals surface area contributed by atoms with Gasteiger partial charge in [0.2, 0.25) is 0 Å². The zero-order valence-electron chi connectivity index (χ0n) is 6.98. The molecule has 0 N–H and O–H groups in total. The summed E-state index contributed by atoms with van der Waals surface area (Å²) in [5, 5.41) is 12.0. The van der Waals surface area contributed by atoms with Gasteiger partial charge in [-0.1, -0.05) is 0 Å². The van der Waals surface area contributed by atoms with E-state index in [0.29, 0.717) is 5.06 Å². The molecular formula is C7H5NaO4S. The van der Waals surface area contributed by atoms with Crippen molar-refractivity contribution in [1.82, 2.24) is 0 Å². The molecule has 6 heteroatoms. The van der Waals surface area contributed by atoms with E-state index < -0.39 is 18.4 Å². The van der Waals surface area contributed by atoms with Crippen LogP contribution in [0.1, 0.15) is 6.42 Å². The molecule has 1 rings (SSSR count). The number of ether oxygens (including phenoxy) is 1. The van der Waals surface area contributed by atoms with Gasteiger partial charge in [0, 0.05) is 0 Å². The number of rotatable bonds is 3. The number of esters is 1. The summed E-state index contributed by atoms with van der Waals surface area (Å²) in [6.45, 7) is 0. The van der Waals surface area contributed by atoms with Crippen molar-refractivity contribution in [3.8, 4) is 5.06 Å². The van der Waals surface area contributed by atoms with Gasteiger partial charge >= 0.3 is 35.5 Å². The summed E-state index contributed by atoms with van der Waals surface area (Å²) in [7, 11) is 0. The standard InChI is InChI=1S/C7H6O4S.Na/c8-5(9)4-6(10)11-7-2-1-3-12-7;/h1-3H,4H2,(H,8,9);/q;+1/p-1. The number of thiophene rings is 1. The molecule has 64 valence electrons. The molecule has 0 aromatic carbocycles. The molecule has 13 heavy (non-hydrogen) atoms. The summed E-state index contributed by atoms with van der Waals surface area (Å²) in [4.78, 5) is 20.6. The fraction of sp³-hybridized carbons (Fsp3) is 0.143. The van der Waals surface area contributed by atoms with Crippen molar-refractivity contribution in [2.24, 2.45) is 0 Å². The second-order valence-corrected chi connectivity index (χ2v) is 2.87. The van der Waals surface area contributed by atoms with Crippen LogP contribution in [0.4, 0.5) is 0 Å². The van der Waals surface area contributed by atoms with E-state index in [9.17, 15) is 14.7 Å². The van der Waals surface area contributed by atoms with E-state index in [-0.39, 0.29) is 29.6 Å². The van der Waals surface area contributed by atoms with Crippen molar-refractivity contribution in [1.29, 1.82) is 0 Å². The van der Waals surface area contributed by atoms with Crippen LogP contribution in [0.3, 0.4) is 0 Å². The van der Waals surface area contributed by atoms with Crippen LogP contribution >= 0.6 is 11.3 Å². The number of carboxylic acid groups (broad SMARTS) is 1. The van der Waals surface area contributed by atoms with Crippen molar-refractivity contribution >= 4 is 23.3 Å². The van der Waals surface area contributed by atoms with Gasteiger partial charge in [-0.3, -0.25) is 4.79 Å². The molecule has 1 aromatic rings. The van der Waals surface area contributed by atoms with E-state index in [4.69, 9.17) is 0 Å². The summed E-state index contributed by atoms with van der Waals surface area (Å²) in [5.41, 5.74) is 0. The monoisotopic (exact) mass is 208 g/mol. The Kier molecular flexibility index (Phi) is 5.98. The Bertz CT molecular complexity index is 283. The van der Waals surface area contributed by atoms with Crippen LogP contribution in [0, 0.1) is 0 Å². The smallest absolute Gasteiger partial charge is 0.550 e. The van der Waals surface area contributed by atoms with Gasteiger partial charge in [0.05, 0.1) is 12.4 Å². The number of aliphatic carboxylic acids is 1. The van der Waals surface area contributed by atoms with Gasteiger partial charge in [0.15, 0.2) is 5.06 Å². The molecule has 1 aromatic heterocycles. The van der Waals surface area contributed by atoms with Crippen LogP contribution in [0.15, 0.2) is 17.5 Å². The third-order valence-electron chi connectivity index (χ3n) is 0.998. The van der Waals surface area contributed by atoms with Crippen molar-refractivity contribution in [3.05, 3.63) is 17.5 Å². The van der Waals surface area contributed by atoms with Crippen LogP contribution < -0.4 is 39.4 Å². The molecule has 0 unspecified atom stereocenters. The Morgan fingerprint density at radius 3 is 2.69 bits per heavy atom. The summed E-state index contributed by atoms with van der Waals surface area (Å²) in [5.74, 6) is -2.24. The largest absolute Gasteiger partial charge is 1.00 e. The van der Waals surface area contributed by atoms with E-state index in [1.54, 1.807) is 17.5 Å². The summed E-state index contributed by atoms with van der Waals surface area (Å²) >= 11 is 1.22. The fourth-order valence-corrected chi connectivity index (χ4v) is 1.18. The second-order valence-electron chi connectivity index (χ2n) is 1.95. The van der Waals surface area contributed by atoms with E-state index in [2.05, 4.69) is 4.74 Å². The molecular weight excluding hydrogens is 203 g/mol. The first kappa shape index (κ1) is 12.6. The van der Waals surface area contributed by atoms with Gasteiger partial charge in [-0.15, -0.1) is 11.3 Å². The molecule has 0 aliphatic heterocycles. The minimum Gasteiger partial charge on any atom is -0.550 e. The average Bonchev–Trinajstić information content (AvgIpc) is 2.37. The fourth-order valence-electron chi connectivity index (χ4n) is 0.588. The maximum absolute atomic E-state index is 10.7. The SMILES string of the molecule is O=C([O-])CC(=O)Oc1cccs1.[Na+]. The molecule has 0 saturated heterocycles. The average molecular weight is 208 g/mol. The molecule has 0 bridgehead atoms. The zero-order valence-corrected chi connectivity index (χ0v) is 9.80. The maximum Gasteiger partial charge on any atom is 1.00 e. The van der Waals surface area contributed by atoms with Crippen molar-refractivity contribution < 1.29 is 49.0 Å². The zero-order chi connectivity index (χ0) is 8.97. The van der Waals surface area contributed by atoms with Gasteiger partial charge in [-0.05, 0) is 17.5 Å². The first-order valence-electron chi connectivity index (χ1n) is 3.12. The number of hydrogen-bond acceptors (Lipinski definition) is 5. The third-order valence-corrected chi connectivity index (χ3v) is 1.74. The molecule has 0 atom stereocenters. The van der Waals surface area contributed by atoms with Crippen LogP contribution in [0.2, 0.25) is 0 Å². The molecule has 0 radical (unpaired) electrons. The van der Waals surface area contributed by atoms with Gasteiger partial charge in [-0.2, -0.15) is 0 Å². The van der Waals surface area contributed by atoms with Gasteiger partial charge in [-0.25, -0.2) is 0 Å². The topological polar surface area (TPSA) is 66.4 Å². The Labute approximate surface area is 101 Å². The minimum absolute atomic E-state index is 0. The molecule has 1 heterocycles. The molecule has 0 spiro atoms. The van der Waals surface area contributed by atoms with E-state index >= 15 is 0 Å². The molecule has 4 nitrogen and oxygen atoms in total. The number of carbonyl (C=O) groups is 2. The predicted octanol–water partition coefficient (Wildman–Crippen LogP) is -3.20. The molecule has 0 amide bonds. The van der Waals surface area contributed by atoms with Crippen LogP contribution in [-0.2, 0) is 9.59 Å². The number of carboxylic acids is 1. The first-order chi connectivity index (χ1) is 5.68. The minimum atomic E-state index is -1.43. The molecule has 0 saturated carbocycles. The first-order valence-corrected chi connectivity index (χ1v) is 4.00. The van der Waals surface area contributed by atoms with E-state index in [1.165, 1.54) is 11.3 Å². The Morgan fingerprint density at radius 2 is 2.23 bits per heavy atom. The Hall–Kier alpha value is -0.360. The van der Waals surface area contributed by atoms with Crippen LogP contribution in [-0.4, -0.2) is 11.9 Å². The second kappa shape index (κ2) is 6.15. The normalized spacial score (nSPS) is 8.62. The summed E-state index contributed by atoms with van der Waals surface area (Å²) in [6.07, 6.45) is -0.710. The van der Waals surface area contributed by atoms with E-state index in [0.717, 1.165) is 0 Å². The van der Waals surface area contributed by atoms with Crippen molar-refractivity contribution in [2.45, 2.75) is 6.42 Å². The number of carbonyl (C=O) groups excluding carboxylic acids is 2. The van der Waals surface area contributed by atoms with Crippen molar-refractivity contribution in [2.75, 3.05) is 0 Å². The number of hydrogen-bond donors (Lipinski definition) is 0. The molecule has 0 aliphatic rings. The van der Waals surface area contributed by atoms with Gasteiger partial charge < -0.3 is 14.6 Å². The van der Waals surface area contributed by atoms with E-state index in [1.807, 2.05) is 0 Å².